The monoisotopic (exact) mass is 263 g/mol. The summed E-state index contributed by atoms with van der Waals surface area (Å²) in [5.41, 5.74) is 1.22. The fourth-order valence-corrected chi connectivity index (χ4v) is 2.74. The number of hydrogen-bond donors (Lipinski definition) is 1. The molecule has 3 nitrogen and oxygen atoms in total. The highest BCUT2D eigenvalue weighted by Crippen LogP contribution is 2.33. The third-order valence-corrected chi connectivity index (χ3v) is 3.89. The molecule has 1 aliphatic rings. The molecule has 3 heteroatoms. The molecule has 2 rings (SSSR count). The molecule has 0 spiro atoms. The van der Waals surface area contributed by atoms with Gasteiger partial charge in [0.25, 0.3) is 0 Å². The first-order valence-electron chi connectivity index (χ1n) is 7.25. The Morgan fingerprint density at radius 1 is 1.26 bits per heavy atom. The summed E-state index contributed by atoms with van der Waals surface area (Å²) < 4.78 is 11.5. The molecule has 1 aliphatic carbocycles. The van der Waals surface area contributed by atoms with E-state index < -0.39 is 0 Å². The molecule has 0 aliphatic heterocycles. The lowest BCUT2D eigenvalue weighted by atomic mass is 10.0. The van der Waals surface area contributed by atoms with E-state index in [-0.39, 0.29) is 5.60 Å². The molecule has 1 fully saturated rings. The molecule has 1 aromatic rings. The Hall–Kier alpha value is -1.06. The summed E-state index contributed by atoms with van der Waals surface area (Å²) in [6.45, 7) is 4.78. The number of nitrogens with one attached hydrogen (secondary N) is 1. The minimum absolute atomic E-state index is 0.0408. The zero-order chi connectivity index (χ0) is 13.6. The van der Waals surface area contributed by atoms with E-state index in [0.29, 0.717) is 6.61 Å². The van der Waals surface area contributed by atoms with E-state index in [1.54, 1.807) is 7.11 Å². The van der Waals surface area contributed by atoms with Crippen LogP contribution in [0.1, 0.15) is 38.2 Å². The highest BCUT2D eigenvalue weighted by atomic mass is 16.5. The molecule has 19 heavy (non-hydrogen) atoms. The van der Waals surface area contributed by atoms with Crippen LogP contribution in [0.4, 0.5) is 0 Å². The third-order valence-electron chi connectivity index (χ3n) is 3.89. The molecule has 0 radical (unpaired) electrons. The van der Waals surface area contributed by atoms with Gasteiger partial charge in [0, 0.05) is 6.54 Å². The quantitative estimate of drug-likeness (QED) is 0.820. The van der Waals surface area contributed by atoms with Gasteiger partial charge in [-0.3, -0.25) is 0 Å². The maximum atomic E-state index is 6.26. The van der Waals surface area contributed by atoms with Crippen molar-refractivity contribution >= 4 is 0 Å². The van der Waals surface area contributed by atoms with Crippen LogP contribution in [-0.2, 0) is 11.3 Å². The van der Waals surface area contributed by atoms with Gasteiger partial charge in [0.05, 0.1) is 19.3 Å². The molecule has 1 saturated carbocycles. The van der Waals surface area contributed by atoms with E-state index in [1.165, 1.54) is 31.2 Å². The van der Waals surface area contributed by atoms with Crippen LogP contribution in [0.2, 0.25) is 0 Å². The number of likely N-dealkylation sites (N-methyl/N-ethyl adjacent to an activating group) is 1. The van der Waals surface area contributed by atoms with Gasteiger partial charge in [0.2, 0.25) is 0 Å². The molecular weight excluding hydrogens is 238 g/mol. The van der Waals surface area contributed by atoms with Gasteiger partial charge < -0.3 is 14.8 Å². The van der Waals surface area contributed by atoms with Crippen LogP contribution in [0.5, 0.6) is 5.75 Å². The Kier molecular flexibility index (Phi) is 5.23. The number of benzene rings is 1. The molecular formula is C16H25NO2. The van der Waals surface area contributed by atoms with Crippen LogP contribution >= 0.6 is 0 Å². The largest absolute Gasteiger partial charge is 0.497 e. The van der Waals surface area contributed by atoms with Crippen molar-refractivity contribution in [3.8, 4) is 5.75 Å². The van der Waals surface area contributed by atoms with Gasteiger partial charge in [0.15, 0.2) is 0 Å². The standard InChI is InChI=1S/C16H25NO2/c1-3-17-13-16(9-4-5-10-16)19-12-14-7-6-8-15(11-14)18-2/h6-8,11,17H,3-5,9-10,12-13H2,1-2H3. The van der Waals surface area contributed by atoms with Crippen molar-refractivity contribution in [1.82, 2.24) is 5.32 Å². The summed E-state index contributed by atoms with van der Waals surface area (Å²) in [7, 11) is 1.70. The van der Waals surface area contributed by atoms with Crippen molar-refractivity contribution in [2.75, 3.05) is 20.2 Å². The Balaban J connectivity index is 1.94. The van der Waals surface area contributed by atoms with Crippen LogP contribution in [0.25, 0.3) is 0 Å². The van der Waals surface area contributed by atoms with Gasteiger partial charge in [0.1, 0.15) is 5.75 Å². The van der Waals surface area contributed by atoms with Crippen LogP contribution in [0.3, 0.4) is 0 Å². The zero-order valence-electron chi connectivity index (χ0n) is 12.1. The molecule has 0 bridgehead atoms. The second-order valence-electron chi connectivity index (χ2n) is 5.31. The average molecular weight is 263 g/mol. The number of rotatable bonds is 7. The van der Waals surface area contributed by atoms with Gasteiger partial charge in [-0.05, 0) is 37.1 Å². The minimum atomic E-state index is 0.0408. The minimum Gasteiger partial charge on any atom is -0.497 e. The summed E-state index contributed by atoms with van der Waals surface area (Å²) in [6.07, 6.45) is 4.90. The van der Waals surface area contributed by atoms with E-state index in [9.17, 15) is 0 Å². The molecule has 0 unspecified atom stereocenters. The normalized spacial score (nSPS) is 17.6. The van der Waals surface area contributed by atoms with Crippen molar-refractivity contribution in [2.24, 2.45) is 0 Å². The van der Waals surface area contributed by atoms with Crippen molar-refractivity contribution in [3.63, 3.8) is 0 Å². The van der Waals surface area contributed by atoms with E-state index in [1.807, 2.05) is 12.1 Å². The SMILES string of the molecule is CCNCC1(OCc2cccc(OC)c2)CCCC1. The van der Waals surface area contributed by atoms with E-state index in [0.717, 1.165) is 18.8 Å². The maximum Gasteiger partial charge on any atom is 0.119 e. The summed E-state index contributed by atoms with van der Waals surface area (Å²) in [5.74, 6) is 0.897. The van der Waals surface area contributed by atoms with Crippen LogP contribution in [0.15, 0.2) is 24.3 Å². The van der Waals surface area contributed by atoms with Gasteiger partial charge in [-0.15, -0.1) is 0 Å². The third kappa shape index (κ3) is 3.95. The second-order valence-corrected chi connectivity index (χ2v) is 5.31. The number of methoxy groups -OCH3 is 1. The smallest absolute Gasteiger partial charge is 0.119 e. The molecule has 106 valence electrons. The summed E-state index contributed by atoms with van der Waals surface area (Å²) in [5, 5.41) is 3.44. The van der Waals surface area contributed by atoms with E-state index in [4.69, 9.17) is 9.47 Å². The Labute approximate surface area is 116 Å². The maximum absolute atomic E-state index is 6.26. The molecule has 0 heterocycles. The van der Waals surface area contributed by atoms with Gasteiger partial charge in [-0.2, -0.15) is 0 Å². The lowest BCUT2D eigenvalue weighted by Gasteiger charge is -2.29. The Bertz CT molecular complexity index is 386. The highest BCUT2D eigenvalue weighted by Gasteiger charge is 2.34. The zero-order valence-corrected chi connectivity index (χ0v) is 12.1. The molecule has 0 amide bonds. The lowest BCUT2D eigenvalue weighted by molar-refractivity contribution is -0.0501. The first-order valence-corrected chi connectivity index (χ1v) is 7.25. The fourth-order valence-electron chi connectivity index (χ4n) is 2.74. The molecule has 0 aromatic heterocycles. The molecule has 0 atom stereocenters. The van der Waals surface area contributed by atoms with Gasteiger partial charge in [-0.1, -0.05) is 31.9 Å². The highest BCUT2D eigenvalue weighted by molar-refractivity contribution is 5.27. The summed E-state index contributed by atoms with van der Waals surface area (Å²) in [6, 6.07) is 8.13. The van der Waals surface area contributed by atoms with E-state index in [2.05, 4.69) is 24.4 Å². The van der Waals surface area contributed by atoms with Crippen LogP contribution in [0, 0.1) is 0 Å². The summed E-state index contributed by atoms with van der Waals surface area (Å²) >= 11 is 0. The van der Waals surface area contributed by atoms with Gasteiger partial charge >= 0.3 is 0 Å². The van der Waals surface area contributed by atoms with Crippen molar-refractivity contribution < 1.29 is 9.47 Å². The Morgan fingerprint density at radius 3 is 2.74 bits per heavy atom. The Morgan fingerprint density at radius 2 is 2.05 bits per heavy atom. The van der Waals surface area contributed by atoms with Crippen molar-refractivity contribution in [1.29, 1.82) is 0 Å². The number of hydrogen-bond acceptors (Lipinski definition) is 3. The molecule has 1 N–H and O–H groups in total. The van der Waals surface area contributed by atoms with Gasteiger partial charge in [-0.25, -0.2) is 0 Å². The number of ether oxygens (including phenoxy) is 2. The summed E-state index contributed by atoms with van der Waals surface area (Å²) in [4.78, 5) is 0. The van der Waals surface area contributed by atoms with Crippen molar-refractivity contribution in [3.05, 3.63) is 29.8 Å². The fraction of sp³-hybridized carbons (Fsp3) is 0.625. The predicted octanol–water partition coefficient (Wildman–Crippen LogP) is 3.13. The molecule has 0 saturated heterocycles. The predicted molar refractivity (Wildman–Crippen MR) is 77.5 cm³/mol. The van der Waals surface area contributed by atoms with Crippen LogP contribution < -0.4 is 10.1 Å². The van der Waals surface area contributed by atoms with Crippen LogP contribution in [-0.4, -0.2) is 25.8 Å². The topological polar surface area (TPSA) is 30.5 Å². The first kappa shape index (κ1) is 14.4. The second kappa shape index (κ2) is 6.92. The first-order chi connectivity index (χ1) is 9.28. The molecule has 1 aromatic carbocycles. The van der Waals surface area contributed by atoms with E-state index >= 15 is 0 Å². The average Bonchev–Trinajstić information content (AvgIpc) is 2.93. The van der Waals surface area contributed by atoms with Crippen molar-refractivity contribution in [2.45, 2.75) is 44.8 Å². The lowest BCUT2D eigenvalue weighted by Crippen LogP contribution is -2.40.